The Bertz CT molecular complexity index is 567. The number of aliphatic hydroxyl groups is 1. The minimum absolute atomic E-state index is 0.0790. The van der Waals surface area contributed by atoms with Gasteiger partial charge in [0.05, 0.1) is 13.2 Å². The van der Waals surface area contributed by atoms with E-state index < -0.39 is 17.7 Å². The monoisotopic (exact) mass is 339 g/mol. The van der Waals surface area contributed by atoms with Gasteiger partial charge in [0.25, 0.3) is 5.85 Å². The molecule has 1 fully saturated rings. The van der Waals surface area contributed by atoms with E-state index in [1.807, 2.05) is 6.92 Å². The Morgan fingerprint density at radius 2 is 2.08 bits per heavy atom. The molecule has 1 aliphatic heterocycles. The topological polar surface area (TPSA) is 117 Å². The van der Waals surface area contributed by atoms with Crippen LogP contribution in [-0.4, -0.2) is 52.5 Å². The van der Waals surface area contributed by atoms with Gasteiger partial charge in [-0.25, -0.2) is 4.79 Å². The molecule has 1 aromatic carbocycles. The second kappa shape index (κ2) is 7.25. The van der Waals surface area contributed by atoms with Gasteiger partial charge in [0.15, 0.2) is 0 Å². The summed E-state index contributed by atoms with van der Waals surface area (Å²) < 4.78 is 11.6. The third kappa shape index (κ3) is 3.26. The normalized spacial score (nSPS) is 27.0. The van der Waals surface area contributed by atoms with E-state index in [-0.39, 0.29) is 25.3 Å². The van der Waals surface area contributed by atoms with E-state index in [9.17, 15) is 15.0 Å². The van der Waals surface area contributed by atoms with Crippen LogP contribution in [0.5, 0.6) is 11.5 Å². The Labute approximate surface area is 141 Å². The highest BCUT2D eigenvalue weighted by Gasteiger charge is 2.61. The van der Waals surface area contributed by atoms with Gasteiger partial charge >= 0.3 is 6.03 Å². The summed E-state index contributed by atoms with van der Waals surface area (Å²) in [5.74, 6) is -3.03. The predicted octanol–water partition coefficient (Wildman–Crippen LogP) is 0.934. The van der Waals surface area contributed by atoms with Crippen molar-refractivity contribution in [3.63, 3.8) is 0 Å². The van der Waals surface area contributed by atoms with Crippen LogP contribution in [0.25, 0.3) is 0 Å². The second-order valence-corrected chi connectivity index (χ2v) is 5.64. The van der Waals surface area contributed by atoms with Gasteiger partial charge < -0.3 is 25.4 Å². The Morgan fingerprint density at radius 1 is 1.42 bits per heavy atom. The lowest BCUT2D eigenvalue weighted by molar-refractivity contribution is -0.360. The molecule has 24 heavy (non-hydrogen) atoms. The number of phenols is 1. The lowest BCUT2D eigenvalue weighted by atomic mass is 10.0. The molecule has 1 heterocycles. The molecule has 8 heteroatoms. The van der Waals surface area contributed by atoms with E-state index >= 15 is 0 Å². The Balaban J connectivity index is 2.49. The Hall–Kier alpha value is -2.03. The van der Waals surface area contributed by atoms with E-state index in [2.05, 4.69) is 5.32 Å². The molecule has 0 aromatic heterocycles. The first-order valence-corrected chi connectivity index (χ1v) is 8.05. The van der Waals surface area contributed by atoms with Crippen molar-refractivity contribution in [1.82, 2.24) is 10.2 Å². The van der Waals surface area contributed by atoms with Gasteiger partial charge in [0, 0.05) is 13.0 Å². The summed E-state index contributed by atoms with van der Waals surface area (Å²) in [6.45, 7) is 4.46. The minimum Gasteiger partial charge on any atom is -0.508 e. The summed E-state index contributed by atoms with van der Waals surface area (Å²) in [5, 5.41) is 23.6. The number of morpholine rings is 1. The number of nitrogens with zero attached hydrogens (tertiary/aromatic N) is 1. The summed E-state index contributed by atoms with van der Waals surface area (Å²) in [6, 6.07) is 5.24. The molecular formula is C16H25N3O5. The molecule has 1 aromatic rings. The van der Waals surface area contributed by atoms with Crippen LogP contribution in [0.2, 0.25) is 0 Å². The van der Waals surface area contributed by atoms with Crippen LogP contribution in [-0.2, 0) is 4.74 Å². The zero-order valence-electron chi connectivity index (χ0n) is 14.0. The number of amides is 2. The minimum atomic E-state index is -1.78. The first-order valence-electron chi connectivity index (χ1n) is 8.05. The highest BCUT2D eigenvalue weighted by Crippen LogP contribution is 2.36. The van der Waals surface area contributed by atoms with Gasteiger partial charge in [0.1, 0.15) is 11.5 Å². The molecule has 2 rings (SSSR count). The van der Waals surface area contributed by atoms with Gasteiger partial charge in [-0.15, -0.1) is 0 Å². The molecule has 2 amide bonds. The molecule has 1 saturated heterocycles. The molecule has 0 aliphatic carbocycles. The van der Waals surface area contributed by atoms with Crippen molar-refractivity contribution in [2.75, 3.05) is 19.7 Å². The number of ether oxygens (including phenoxy) is 2. The molecule has 5 N–H and O–H groups in total. The number of carbonyl (C=O) groups excluding carboxylic acids is 1. The van der Waals surface area contributed by atoms with Crippen molar-refractivity contribution in [3.8, 4) is 11.5 Å². The van der Waals surface area contributed by atoms with E-state index in [0.29, 0.717) is 12.3 Å². The van der Waals surface area contributed by atoms with Crippen molar-refractivity contribution in [1.29, 1.82) is 0 Å². The standard InChI is InChI=1S/C16H25N3O5/c1-3-9-18-16(24-13-7-5-12(20)6-8-13)15(22,4-2)23-11-10-19(16)14(17)21/h5-8,18,20,22H,3-4,9-11H2,1-2H3,(H2,17,21). The van der Waals surface area contributed by atoms with Crippen molar-refractivity contribution < 1.29 is 24.5 Å². The fourth-order valence-corrected chi connectivity index (χ4v) is 2.76. The number of benzene rings is 1. The highest BCUT2D eigenvalue weighted by molar-refractivity contribution is 5.73. The zero-order valence-corrected chi connectivity index (χ0v) is 14.0. The smallest absolute Gasteiger partial charge is 0.319 e. The summed E-state index contributed by atoms with van der Waals surface area (Å²) in [4.78, 5) is 13.2. The average Bonchev–Trinajstić information content (AvgIpc) is 2.57. The third-order valence-electron chi connectivity index (χ3n) is 4.03. The number of aromatic hydroxyl groups is 1. The van der Waals surface area contributed by atoms with Crippen molar-refractivity contribution >= 4 is 6.03 Å². The molecule has 0 bridgehead atoms. The molecule has 0 saturated carbocycles. The van der Waals surface area contributed by atoms with Crippen LogP contribution in [0.1, 0.15) is 26.7 Å². The number of hydrogen-bond acceptors (Lipinski definition) is 6. The van der Waals surface area contributed by atoms with Crippen molar-refractivity contribution in [3.05, 3.63) is 24.3 Å². The Kier molecular flexibility index (Phi) is 5.53. The molecule has 2 atom stereocenters. The number of primary amides is 1. The van der Waals surface area contributed by atoms with Crippen LogP contribution in [0.4, 0.5) is 4.79 Å². The molecule has 0 radical (unpaired) electrons. The number of nitrogens with one attached hydrogen (secondary N) is 1. The summed E-state index contributed by atoms with van der Waals surface area (Å²) in [7, 11) is 0. The number of phenolic OH excluding ortho intramolecular Hbond substituents is 1. The SMILES string of the molecule is CCCNC1(Oc2ccc(O)cc2)N(C(N)=O)CCOC1(O)CC. The largest absolute Gasteiger partial charge is 0.508 e. The molecule has 2 unspecified atom stereocenters. The number of hydrogen-bond donors (Lipinski definition) is 4. The van der Waals surface area contributed by atoms with E-state index in [1.165, 1.54) is 29.2 Å². The van der Waals surface area contributed by atoms with E-state index in [1.54, 1.807) is 6.92 Å². The number of urea groups is 1. The van der Waals surface area contributed by atoms with Gasteiger partial charge in [-0.2, -0.15) is 0 Å². The van der Waals surface area contributed by atoms with Gasteiger partial charge in [-0.1, -0.05) is 13.8 Å². The van der Waals surface area contributed by atoms with Gasteiger partial charge in [-0.3, -0.25) is 10.2 Å². The lowest BCUT2D eigenvalue weighted by Gasteiger charge is -2.54. The van der Waals surface area contributed by atoms with E-state index in [0.717, 1.165) is 6.42 Å². The van der Waals surface area contributed by atoms with Crippen LogP contribution in [0.15, 0.2) is 24.3 Å². The number of carbonyl (C=O) groups is 1. The maximum atomic E-state index is 12.0. The third-order valence-corrected chi connectivity index (χ3v) is 4.03. The molecule has 0 spiro atoms. The highest BCUT2D eigenvalue weighted by atomic mass is 16.7. The van der Waals surface area contributed by atoms with Crippen molar-refractivity contribution in [2.24, 2.45) is 5.73 Å². The fourth-order valence-electron chi connectivity index (χ4n) is 2.76. The molecule has 8 nitrogen and oxygen atoms in total. The summed E-state index contributed by atoms with van der Waals surface area (Å²) in [5.41, 5.74) is 5.53. The lowest BCUT2D eigenvalue weighted by Crippen LogP contribution is -2.80. The molecular weight excluding hydrogens is 314 g/mol. The van der Waals surface area contributed by atoms with Gasteiger partial charge in [-0.05, 0) is 30.7 Å². The van der Waals surface area contributed by atoms with Crippen LogP contribution in [0, 0.1) is 0 Å². The first-order chi connectivity index (χ1) is 11.4. The van der Waals surface area contributed by atoms with Crippen LogP contribution in [0.3, 0.4) is 0 Å². The fraction of sp³-hybridized carbons (Fsp3) is 0.562. The molecule has 1 aliphatic rings. The Morgan fingerprint density at radius 3 is 2.62 bits per heavy atom. The van der Waals surface area contributed by atoms with Gasteiger partial charge in [0.2, 0.25) is 5.79 Å². The van der Waals surface area contributed by atoms with E-state index in [4.69, 9.17) is 15.2 Å². The van der Waals surface area contributed by atoms with Crippen molar-refractivity contribution in [2.45, 2.75) is 38.3 Å². The number of rotatable bonds is 6. The summed E-state index contributed by atoms with van der Waals surface area (Å²) in [6.07, 6.45) is 0.915. The first kappa shape index (κ1) is 18.3. The quantitative estimate of drug-likeness (QED) is 0.573. The summed E-state index contributed by atoms with van der Waals surface area (Å²) >= 11 is 0. The predicted molar refractivity (Wildman–Crippen MR) is 87.2 cm³/mol. The average molecular weight is 339 g/mol. The second-order valence-electron chi connectivity index (χ2n) is 5.64. The maximum absolute atomic E-state index is 12.0. The van der Waals surface area contributed by atoms with Crippen LogP contribution < -0.4 is 15.8 Å². The number of nitrogens with two attached hydrogens (primary N) is 1. The molecule has 134 valence electrons. The maximum Gasteiger partial charge on any atom is 0.319 e. The zero-order chi connectivity index (χ0) is 17.8. The van der Waals surface area contributed by atoms with Crippen LogP contribution >= 0.6 is 0 Å².